The Morgan fingerprint density at radius 1 is 1.42 bits per heavy atom. The van der Waals surface area contributed by atoms with Crippen molar-refractivity contribution in [2.24, 2.45) is 5.92 Å². The van der Waals surface area contributed by atoms with Crippen molar-refractivity contribution < 1.29 is 17.9 Å². The summed E-state index contributed by atoms with van der Waals surface area (Å²) in [6.45, 7) is 0.576. The lowest BCUT2D eigenvalue weighted by Crippen LogP contribution is -2.48. The molecule has 0 bridgehead atoms. The molecule has 1 rings (SSSR count). The van der Waals surface area contributed by atoms with E-state index in [4.69, 9.17) is 4.74 Å². The first-order chi connectivity index (χ1) is 5.55. The van der Waals surface area contributed by atoms with E-state index in [9.17, 15) is 13.2 Å². The Bertz CT molecular complexity index is 148. The number of piperidine rings is 1. The van der Waals surface area contributed by atoms with Gasteiger partial charge in [-0.3, -0.25) is 0 Å². The van der Waals surface area contributed by atoms with Crippen LogP contribution in [0.15, 0.2) is 0 Å². The van der Waals surface area contributed by atoms with Crippen molar-refractivity contribution in [1.82, 2.24) is 5.32 Å². The molecule has 0 amide bonds. The van der Waals surface area contributed by atoms with Crippen molar-refractivity contribution in [3.8, 4) is 0 Å². The van der Waals surface area contributed by atoms with Gasteiger partial charge >= 0.3 is 6.18 Å². The van der Waals surface area contributed by atoms with Crippen LogP contribution >= 0.6 is 0 Å². The van der Waals surface area contributed by atoms with Gasteiger partial charge in [-0.05, 0) is 13.0 Å². The van der Waals surface area contributed by atoms with Gasteiger partial charge in [-0.2, -0.15) is 13.2 Å². The van der Waals surface area contributed by atoms with Gasteiger partial charge in [0.05, 0.1) is 12.0 Å². The van der Waals surface area contributed by atoms with E-state index in [2.05, 4.69) is 5.32 Å². The minimum Gasteiger partial charge on any atom is -0.381 e. The van der Waals surface area contributed by atoms with Crippen molar-refractivity contribution in [2.75, 3.05) is 20.2 Å². The number of nitrogens with one attached hydrogen (secondary N) is 1. The van der Waals surface area contributed by atoms with Gasteiger partial charge in [0.2, 0.25) is 0 Å². The minimum absolute atomic E-state index is 0.0258. The molecular weight excluding hydrogens is 171 g/mol. The van der Waals surface area contributed by atoms with Gasteiger partial charge in [-0.25, -0.2) is 0 Å². The maximum Gasteiger partial charge on any atom is 0.395 e. The van der Waals surface area contributed by atoms with E-state index in [1.54, 1.807) is 0 Å². The van der Waals surface area contributed by atoms with Gasteiger partial charge in [0.15, 0.2) is 0 Å². The molecule has 1 aliphatic rings. The third-order valence-corrected chi connectivity index (χ3v) is 2.14. The number of rotatable bonds is 1. The molecule has 1 heterocycles. The predicted molar refractivity (Wildman–Crippen MR) is 37.8 cm³/mol. The zero-order valence-corrected chi connectivity index (χ0v) is 6.82. The molecule has 2 nitrogen and oxygen atoms in total. The fraction of sp³-hybridized carbons (Fsp3) is 1.00. The SMILES string of the molecule is COC1CCNCC1C(F)(F)F. The summed E-state index contributed by atoms with van der Waals surface area (Å²) in [7, 11) is 1.33. The third kappa shape index (κ3) is 2.10. The molecule has 0 radical (unpaired) electrons. The second-order valence-electron chi connectivity index (χ2n) is 2.92. The van der Waals surface area contributed by atoms with Crippen LogP contribution in [0.4, 0.5) is 13.2 Å². The highest BCUT2D eigenvalue weighted by Gasteiger charge is 2.45. The molecule has 2 atom stereocenters. The number of methoxy groups -OCH3 is 1. The van der Waals surface area contributed by atoms with Crippen molar-refractivity contribution in [3.05, 3.63) is 0 Å². The van der Waals surface area contributed by atoms with Gasteiger partial charge in [0, 0.05) is 13.7 Å². The molecule has 0 aromatic rings. The number of ether oxygens (including phenoxy) is 1. The average Bonchev–Trinajstić information content (AvgIpc) is 2.03. The maximum absolute atomic E-state index is 12.3. The summed E-state index contributed by atoms with van der Waals surface area (Å²) in [5.41, 5.74) is 0. The van der Waals surface area contributed by atoms with E-state index >= 15 is 0 Å². The van der Waals surface area contributed by atoms with Crippen LogP contribution in [0, 0.1) is 5.92 Å². The first-order valence-corrected chi connectivity index (χ1v) is 3.86. The van der Waals surface area contributed by atoms with E-state index in [-0.39, 0.29) is 6.54 Å². The summed E-state index contributed by atoms with van der Waals surface area (Å²) in [6.07, 6.45) is -4.39. The zero-order chi connectivity index (χ0) is 9.19. The number of alkyl halides is 3. The summed E-state index contributed by atoms with van der Waals surface area (Å²) in [6, 6.07) is 0. The highest BCUT2D eigenvalue weighted by molar-refractivity contribution is 4.83. The molecule has 1 saturated heterocycles. The molecule has 0 saturated carbocycles. The lowest BCUT2D eigenvalue weighted by atomic mass is 9.95. The smallest absolute Gasteiger partial charge is 0.381 e. The number of hydrogen-bond donors (Lipinski definition) is 1. The highest BCUT2D eigenvalue weighted by Crippen LogP contribution is 2.32. The number of halogens is 3. The Morgan fingerprint density at radius 2 is 2.08 bits per heavy atom. The third-order valence-electron chi connectivity index (χ3n) is 2.14. The van der Waals surface area contributed by atoms with E-state index in [1.165, 1.54) is 7.11 Å². The fourth-order valence-electron chi connectivity index (χ4n) is 1.44. The van der Waals surface area contributed by atoms with Gasteiger partial charge in [0.25, 0.3) is 0 Å². The summed E-state index contributed by atoms with van der Waals surface area (Å²) < 4.78 is 41.5. The summed E-state index contributed by atoms with van der Waals surface area (Å²) in [5.74, 6) is -1.35. The molecular formula is C7H12F3NO. The molecule has 0 aromatic carbocycles. The van der Waals surface area contributed by atoms with E-state index < -0.39 is 18.2 Å². The standard InChI is InChI=1S/C7H12F3NO/c1-12-6-2-3-11-4-5(6)7(8,9)10/h5-6,11H,2-4H2,1H3. The largest absolute Gasteiger partial charge is 0.395 e. The lowest BCUT2D eigenvalue weighted by molar-refractivity contribution is -0.207. The first-order valence-electron chi connectivity index (χ1n) is 3.86. The van der Waals surface area contributed by atoms with Crippen LogP contribution in [0.2, 0.25) is 0 Å². The van der Waals surface area contributed by atoms with Crippen LogP contribution in [-0.4, -0.2) is 32.5 Å². The van der Waals surface area contributed by atoms with Gasteiger partial charge in [-0.15, -0.1) is 0 Å². The Kier molecular flexibility index (Phi) is 2.95. The van der Waals surface area contributed by atoms with Crippen LogP contribution in [0.5, 0.6) is 0 Å². The topological polar surface area (TPSA) is 21.3 Å². The van der Waals surface area contributed by atoms with E-state index in [0.29, 0.717) is 13.0 Å². The molecule has 1 N–H and O–H groups in total. The van der Waals surface area contributed by atoms with Crippen LogP contribution in [-0.2, 0) is 4.74 Å². The minimum atomic E-state index is -4.14. The van der Waals surface area contributed by atoms with Crippen molar-refractivity contribution in [1.29, 1.82) is 0 Å². The molecule has 72 valence electrons. The van der Waals surface area contributed by atoms with Crippen LogP contribution in [0.3, 0.4) is 0 Å². The summed E-state index contributed by atoms with van der Waals surface area (Å²) in [5, 5.41) is 2.71. The second-order valence-corrected chi connectivity index (χ2v) is 2.92. The molecule has 2 unspecified atom stereocenters. The number of hydrogen-bond acceptors (Lipinski definition) is 2. The lowest BCUT2D eigenvalue weighted by Gasteiger charge is -2.32. The second kappa shape index (κ2) is 3.62. The fourth-order valence-corrected chi connectivity index (χ4v) is 1.44. The molecule has 1 fully saturated rings. The summed E-state index contributed by atoms with van der Waals surface area (Å²) >= 11 is 0. The van der Waals surface area contributed by atoms with Crippen molar-refractivity contribution in [2.45, 2.75) is 18.7 Å². The van der Waals surface area contributed by atoms with Gasteiger partial charge < -0.3 is 10.1 Å². The molecule has 0 spiro atoms. The van der Waals surface area contributed by atoms with Crippen LogP contribution < -0.4 is 5.32 Å². The van der Waals surface area contributed by atoms with Crippen LogP contribution in [0.1, 0.15) is 6.42 Å². The quantitative estimate of drug-likeness (QED) is 0.659. The molecule has 1 aliphatic heterocycles. The molecule has 0 aliphatic carbocycles. The average molecular weight is 183 g/mol. The van der Waals surface area contributed by atoms with E-state index in [1.807, 2.05) is 0 Å². The Hall–Kier alpha value is -0.290. The van der Waals surface area contributed by atoms with Crippen molar-refractivity contribution >= 4 is 0 Å². The molecule has 0 aromatic heterocycles. The first kappa shape index (κ1) is 9.80. The highest BCUT2D eigenvalue weighted by atomic mass is 19.4. The Labute approximate surface area is 69.1 Å². The Morgan fingerprint density at radius 3 is 2.50 bits per heavy atom. The van der Waals surface area contributed by atoms with Gasteiger partial charge in [0.1, 0.15) is 0 Å². The monoisotopic (exact) mass is 183 g/mol. The van der Waals surface area contributed by atoms with Gasteiger partial charge in [-0.1, -0.05) is 0 Å². The van der Waals surface area contributed by atoms with E-state index in [0.717, 1.165) is 0 Å². The maximum atomic E-state index is 12.3. The summed E-state index contributed by atoms with van der Waals surface area (Å²) in [4.78, 5) is 0. The van der Waals surface area contributed by atoms with Crippen LogP contribution in [0.25, 0.3) is 0 Å². The zero-order valence-electron chi connectivity index (χ0n) is 6.82. The normalized spacial score (nSPS) is 32.0. The van der Waals surface area contributed by atoms with Crippen molar-refractivity contribution in [3.63, 3.8) is 0 Å². The molecule has 5 heteroatoms. The predicted octanol–water partition coefficient (Wildman–Crippen LogP) is 1.17. The molecule has 12 heavy (non-hydrogen) atoms. The Balaban J connectivity index is 2.59.